The van der Waals surface area contributed by atoms with E-state index in [4.69, 9.17) is 25.8 Å². The highest BCUT2D eigenvalue weighted by Gasteiger charge is 2.47. The third-order valence-corrected chi connectivity index (χ3v) is 5.90. The number of nitrogens with one attached hydrogen (secondary N) is 1. The van der Waals surface area contributed by atoms with E-state index in [1.165, 1.54) is 14.2 Å². The maximum atomic E-state index is 13.5. The molecule has 1 aromatic rings. The van der Waals surface area contributed by atoms with Gasteiger partial charge in [-0.15, -0.1) is 0 Å². The maximum absolute atomic E-state index is 13.5. The Bertz CT molecular complexity index is 967. The fourth-order valence-corrected chi connectivity index (χ4v) is 4.46. The molecule has 3 atom stereocenters. The minimum Gasteiger partial charge on any atom is -0.468 e. The molecular formula is C23H26ClNO6. The number of carbonyl (C=O) groups is 3. The van der Waals surface area contributed by atoms with E-state index < -0.39 is 23.8 Å². The van der Waals surface area contributed by atoms with Crippen molar-refractivity contribution in [2.45, 2.75) is 26.2 Å². The Labute approximate surface area is 186 Å². The number of allylic oxidation sites excluding steroid dienone is 3. The van der Waals surface area contributed by atoms with E-state index in [2.05, 4.69) is 5.32 Å². The number of ketones is 1. The Morgan fingerprint density at radius 3 is 2.61 bits per heavy atom. The summed E-state index contributed by atoms with van der Waals surface area (Å²) in [5.74, 6) is -3.38. The molecule has 2 aliphatic rings. The molecule has 0 saturated carbocycles. The van der Waals surface area contributed by atoms with E-state index in [0.29, 0.717) is 39.5 Å². The van der Waals surface area contributed by atoms with Crippen LogP contribution in [-0.4, -0.2) is 45.2 Å². The topological polar surface area (TPSA) is 90.9 Å². The van der Waals surface area contributed by atoms with E-state index in [1.807, 2.05) is 6.92 Å². The summed E-state index contributed by atoms with van der Waals surface area (Å²) in [7, 11) is 2.78. The Kier molecular flexibility index (Phi) is 7.18. The van der Waals surface area contributed by atoms with Crippen LogP contribution < -0.4 is 5.32 Å². The Balaban J connectivity index is 2.12. The van der Waals surface area contributed by atoms with Gasteiger partial charge in [0.2, 0.25) is 0 Å². The number of benzene rings is 1. The summed E-state index contributed by atoms with van der Waals surface area (Å²) >= 11 is 6.23. The number of hydrogen-bond acceptors (Lipinski definition) is 7. The van der Waals surface area contributed by atoms with Gasteiger partial charge in [-0.3, -0.25) is 9.59 Å². The van der Waals surface area contributed by atoms with Gasteiger partial charge in [0.25, 0.3) is 0 Å². The van der Waals surface area contributed by atoms with Crippen LogP contribution in [0.1, 0.15) is 31.7 Å². The van der Waals surface area contributed by atoms with Crippen molar-refractivity contribution in [3.63, 3.8) is 0 Å². The third-order valence-electron chi connectivity index (χ3n) is 5.67. The quantitative estimate of drug-likeness (QED) is 0.407. The van der Waals surface area contributed by atoms with Crippen molar-refractivity contribution in [2.24, 2.45) is 11.8 Å². The molecule has 1 N–H and O–H groups in total. The van der Waals surface area contributed by atoms with Gasteiger partial charge in [-0.25, -0.2) is 4.79 Å². The largest absolute Gasteiger partial charge is 0.468 e. The molecule has 166 valence electrons. The first-order valence-corrected chi connectivity index (χ1v) is 10.4. The number of Topliss-reactive ketones (excluding diaryl/α,β-unsaturated/α-hetero) is 1. The average molecular weight is 448 g/mol. The highest BCUT2D eigenvalue weighted by Crippen LogP contribution is 2.45. The zero-order chi connectivity index (χ0) is 22.7. The first-order chi connectivity index (χ1) is 14.8. The van der Waals surface area contributed by atoms with E-state index in [9.17, 15) is 14.4 Å². The predicted molar refractivity (Wildman–Crippen MR) is 114 cm³/mol. The van der Waals surface area contributed by atoms with E-state index in [1.54, 1.807) is 31.2 Å². The van der Waals surface area contributed by atoms with Gasteiger partial charge in [-0.05, 0) is 37.0 Å². The van der Waals surface area contributed by atoms with E-state index in [0.717, 1.165) is 0 Å². The number of dihydropyridines is 1. The molecule has 3 rings (SSSR count). The number of hydrogen-bond donors (Lipinski definition) is 1. The lowest BCUT2D eigenvalue weighted by Gasteiger charge is -2.38. The van der Waals surface area contributed by atoms with Crippen molar-refractivity contribution < 1.29 is 28.6 Å². The fraction of sp³-hybridized carbons (Fsp3) is 0.435. The van der Waals surface area contributed by atoms with Crippen LogP contribution in [0.2, 0.25) is 5.02 Å². The lowest BCUT2D eigenvalue weighted by molar-refractivity contribution is -0.151. The third kappa shape index (κ3) is 4.52. The van der Waals surface area contributed by atoms with Gasteiger partial charge in [-0.2, -0.15) is 0 Å². The summed E-state index contributed by atoms with van der Waals surface area (Å²) in [5.41, 5.74) is 2.66. The first-order valence-electron chi connectivity index (χ1n) is 10.0. The molecule has 1 aliphatic carbocycles. The number of carbonyl (C=O) groups excluding carboxylic acids is 3. The van der Waals surface area contributed by atoms with Gasteiger partial charge < -0.3 is 19.5 Å². The van der Waals surface area contributed by atoms with Crippen molar-refractivity contribution in [3.8, 4) is 0 Å². The molecule has 1 heterocycles. The summed E-state index contributed by atoms with van der Waals surface area (Å²) < 4.78 is 15.2. The van der Waals surface area contributed by atoms with Gasteiger partial charge in [0, 0.05) is 35.0 Å². The first kappa shape index (κ1) is 23.0. The molecule has 0 saturated heterocycles. The lowest BCUT2D eigenvalue weighted by atomic mass is 9.69. The summed E-state index contributed by atoms with van der Waals surface area (Å²) in [5, 5.41) is 3.69. The van der Waals surface area contributed by atoms with Crippen LogP contribution in [0, 0.1) is 11.8 Å². The zero-order valence-electron chi connectivity index (χ0n) is 18.0. The molecule has 1 aromatic carbocycles. The van der Waals surface area contributed by atoms with Crippen LogP contribution in [0.5, 0.6) is 0 Å². The van der Waals surface area contributed by atoms with Gasteiger partial charge >= 0.3 is 11.9 Å². The maximum Gasteiger partial charge on any atom is 0.336 e. The molecule has 31 heavy (non-hydrogen) atoms. The summed E-state index contributed by atoms with van der Waals surface area (Å²) in [4.78, 5) is 39.0. The summed E-state index contributed by atoms with van der Waals surface area (Å²) in [6.07, 6.45) is 0.473. The molecule has 7 nitrogen and oxygen atoms in total. The normalized spacial score (nSPS) is 23.3. The molecular weight excluding hydrogens is 422 g/mol. The zero-order valence-corrected chi connectivity index (χ0v) is 18.7. The molecule has 0 spiro atoms. The van der Waals surface area contributed by atoms with Crippen molar-refractivity contribution in [1.82, 2.24) is 5.32 Å². The van der Waals surface area contributed by atoms with E-state index in [-0.39, 0.29) is 24.9 Å². The number of ether oxygens (including phenoxy) is 3. The highest BCUT2D eigenvalue weighted by molar-refractivity contribution is 6.30. The molecule has 0 radical (unpaired) electrons. The van der Waals surface area contributed by atoms with Crippen molar-refractivity contribution in [3.05, 3.63) is 57.4 Å². The summed E-state index contributed by atoms with van der Waals surface area (Å²) in [6.45, 7) is 3.95. The number of methoxy groups -OCH3 is 2. The fourth-order valence-electron chi connectivity index (χ4n) is 4.27. The summed E-state index contributed by atoms with van der Waals surface area (Å²) in [6, 6.07) is 7.00. The van der Waals surface area contributed by atoms with Gasteiger partial charge in [-0.1, -0.05) is 30.7 Å². The smallest absolute Gasteiger partial charge is 0.336 e. The molecule has 0 bridgehead atoms. The average Bonchev–Trinajstić information content (AvgIpc) is 2.72. The Morgan fingerprint density at radius 1 is 1.23 bits per heavy atom. The second-order valence-corrected chi connectivity index (χ2v) is 8.16. The number of rotatable bonds is 6. The molecule has 0 unspecified atom stereocenters. The molecule has 0 aromatic heterocycles. The standard InChI is InChI=1S/C23H26ClNO6/c1-12-10-16-20(21(26)17(12)22(27)30-4)19(14-6-5-7-15(24)11-14)18(13(2)25-16)23(28)31-9-8-29-3/h5-7,11-12,17,19,25H,8-10H2,1-4H3/t12-,17-,19-/m1/s1. The molecule has 1 aliphatic heterocycles. The van der Waals surface area contributed by atoms with Crippen LogP contribution in [0.3, 0.4) is 0 Å². The minimum absolute atomic E-state index is 0.0794. The van der Waals surface area contributed by atoms with Gasteiger partial charge in [0.05, 0.1) is 19.3 Å². The second kappa shape index (κ2) is 9.66. The van der Waals surface area contributed by atoms with Crippen LogP contribution in [0.25, 0.3) is 0 Å². The minimum atomic E-state index is -0.934. The predicted octanol–water partition coefficient (Wildman–Crippen LogP) is 3.14. The monoisotopic (exact) mass is 447 g/mol. The molecule has 0 fully saturated rings. The van der Waals surface area contributed by atoms with Crippen LogP contribution in [0.4, 0.5) is 0 Å². The van der Waals surface area contributed by atoms with Gasteiger partial charge in [0.15, 0.2) is 5.78 Å². The van der Waals surface area contributed by atoms with Gasteiger partial charge in [0.1, 0.15) is 12.5 Å². The van der Waals surface area contributed by atoms with E-state index >= 15 is 0 Å². The van der Waals surface area contributed by atoms with Crippen molar-refractivity contribution in [2.75, 3.05) is 27.4 Å². The highest BCUT2D eigenvalue weighted by atomic mass is 35.5. The van der Waals surface area contributed by atoms with Crippen LogP contribution in [-0.2, 0) is 28.6 Å². The number of halogens is 1. The Morgan fingerprint density at radius 2 is 1.97 bits per heavy atom. The number of esters is 2. The lowest BCUT2D eigenvalue weighted by Crippen LogP contribution is -2.43. The van der Waals surface area contributed by atoms with Crippen LogP contribution >= 0.6 is 11.6 Å². The van der Waals surface area contributed by atoms with Crippen molar-refractivity contribution >= 4 is 29.3 Å². The molecule has 0 amide bonds. The SMILES string of the molecule is COCCOC(=O)C1=C(C)NC2=C(C(=O)[C@H](C(=O)OC)[C@H](C)C2)[C@@H]1c1cccc(Cl)c1. The second-order valence-electron chi connectivity index (χ2n) is 7.72. The molecule has 8 heteroatoms. The Hall–Kier alpha value is -2.64. The van der Waals surface area contributed by atoms with Crippen LogP contribution in [0.15, 0.2) is 46.8 Å². The van der Waals surface area contributed by atoms with Crippen molar-refractivity contribution in [1.29, 1.82) is 0 Å².